The molecular weight excluding hydrogens is 263 g/mol. The molecule has 6 heteroatoms. The molecule has 1 heterocycles. The second-order valence-electron chi connectivity index (χ2n) is 3.74. The lowest BCUT2D eigenvalue weighted by atomic mass is 10.2. The number of nitrogens with one attached hydrogen (secondary N) is 2. The number of aryl methyl sites for hydroxylation is 1. The monoisotopic (exact) mass is 276 g/mol. The predicted molar refractivity (Wildman–Crippen MR) is 71.3 cm³/mol. The Morgan fingerprint density at radius 1 is 1.59 bits per heavy atom. The summed E-state index contributed by atoms with van der Waals surface area (Å²) in [5.74, 6) is 0.945. The Bertz CT molecular complexity index is 410. The third-order valence-corrected chi connectivity index (χ3v) is 3.36. The Morgan fingerprint density at radius 3 is 2.94 bits per heavy atom. The number of amides is 1. The fourth-order valence-electron chi connectivity index (χ4n) is 1.50. The van der Waals surface area contributed by atoms with E-state index in [0.29, 0.717) is 0 Å². The summed E-state index contributed by atoms with van der Waals surface area (Å²) in [7, 11) is 0. The van der Waals surface area contributed by atoms with Crippen LogP contribution in [0.3, 0.4) is 0 Å². The zero-order valence-corrected chi connectivity index (χ0v) is 11.0. The number of carbonyl (C=O) groups is 1. The molecule has 2 rings (SSSR count). The summed E-state index contributed by atoms with van der Waals surface area (Å²) in [6.45, 7) is 1.81. The topological polar surface area (TPSA) is 41.1 Å². The average molecular weight is 277 g/mol. The van der Waals surface area contributed by atoms with Crippen LogP contribution in [0.2, 0.25) is 0 Å². The molecule has 94 valence electrons. The quantitative estimate of drug-likeness (QED) is 0.870. The van der Waals surface area contributed by atoms with Gasteiger partial charge in [0, 0.05) is 11.6 Å². The van der Waals surface area contributed by atoms with Crippen LogP contribution in [0.5, 0.6) is 0 Å². The minimum atomic E-state index is -0.390. The molecule has 1 saturated heterocycles. The molecule has 0 bridgehead atoms. The molecule has 0 aliphatic carbocycles. The van der Waals surface area contributed by atoms with Gasteiger partial charge in [-0.15, -0.1) is 24.2 Å². The maximum atomic E-state index is 13.5. The van der Waals surface area contributed by atoms with Crippen molar-refractivity contribution in [1.82, 2.24) is 5.32 Å². The van der Waals surface area contributed by atoms with E-state index in [1.54, 1.807) is 23.9 Å². The van der Waals surface area contributed by atoms with Crippen LogP contribution < -0.4 is 10.6 Å². The van der Waals surface area contributed by atoms with Gasteiger partial charge in [0.2, 0.25) is 5.91 Å². The van der Waals surface area contributed by atoms with Crippen LogP contribution in [0.4, 0.5) is 10.1 Å². The van der Waals surface area contributed by atoms with Gasteiger partial charge < -0.3 is 5.32 Å². The van der Waals surface area contributed by atoms with E-state index in [-0.39, 0.29) is 35.9 Å². The van der Waals surface area contributed by atoms with E-state index in [1.165, 1.54) is 6.07 Å². The highest BCUT2D eigenvalue weighted by molar-refractivity contribution is 7.99. The first-order valence-electron chi connectivity index (χ1n) is 5.05. The smallest absolute Gasteiger partial charge is 0.242 e. The molecule has 1 aliphatic rings. The lowest BCUT2D eigenvalue weighted by Gasteiger charge is -2.11. The highest BCUT2D eigenvalue weighted by Gasteiger charge is 2.22. The summed E-state index contributed by atoms with van der Waals surface area (Å²) in [4.78, 5) is 11.7. The van der Waals surface area contributed by atoms with Crippen LogP contribution in [0.25, 0.3) is 0 Å². The lowest BCUT2D eigenvalue weighted by Crippen LogP contribution is -2.37. The molecule has 1 amide bonds. The number of hydrogen-bond acceptors (Lipinski definition) is 3. The summed E-state index contributed by atoms with van der Waals surface area (Å²) in [6.07, 6.45) is 0. The number of hydrogen-bond donors (Lipinski definition) is 2. The van der Waals surface area contributed by atoms with Gasteiger partial charge in [0.25, 0.3) is 0 Å². The molecule has 3 nitrogen and oxygen atoms in total. The van der Waals surface area contributed by atoms with E-state index in [0.717, 1.165) is 17.2 Å². The predicted octanol–water partition coefficient (Wildman–Crippen LogP) is 2.16. The second-order valence-corrected chi connectivity index (χ2v) is 4.77. The number of thioether (sulfide) groups is 1. The largest absolute Gasteiger partial charge is 0.322 e. The van der Waals surface area contributed by atoms with Crippen LogP contribution in [-0.2, 0) is 4.79 Å². The standard InChI is InChI=1S/C11H13FN2OS.ClH/c1-7-2-3-9(8(12)4-7)14-11(15)10-5-16-6-13-10;/h2-4,10,13H,5-6H2,1H3,(H,14,15);1H. The van der Waals surface area contributed by atoms with Gasteiger partial charge in [0.15, 0.2) is 0 Å². The molecule has 0 saturated carbocycles. The highest BCUT2D eigenvalue weighted by Crippen LogP contribution is 2.17. The molecule has 17 heavy (non-hydrogen) atoms. The number of benzene rings is 1. The van der Waals surface area contributed by atoms with E-state index >= 15 is 0 Å². The van der Waals surface area contributed by atoms with Crippen LogP contribution >= 0.6 is 24.2 Å². The normalized spacial score (nSPS) is 18.6. The zero-order chi connectivity index (χ0) is 11.5. The van der Waals surface area contributed by atoms with Crippen molar-refractivity contribution in [2.45, 2.75) is 13.0 Å². The molecule has 1 aliphatic heterocycles. The van der Waals surface area contributed by atoms with Gasteiger partial charge in [-0.2, -0.15) is 0 Å². The molecule has 1 unspecified atom stereocenters. The molecule has 0 radical (unpaired) electrons. The van der Waals surface area contributed by atoms with Gasteiger partial charge in [-0.1, -0.05) is 6.07 Å². The third-order valence-electron chi connectivity index (χ3n) is 2.42. The van der Waals surface area contributed by atoms with E-state index < -0.39 is 0 Å². The highest BCUT2D eigenvalue weighted by atomic mass is 35.5. The van der Waals surface area contributed by atoms with Crippen molar-refractivity contribution >= 4 is 35.8 Å². The van der Waals surface area contributed by atoms with Crippen molar-refractivity contribution in [1.29, 1.82) is 0 Å². The van der Waals surface area contributed by atoms with Crippen molar-refractivity contribution in [3.63, 3.8) is 0 Å². The Morgan fingerprint density at radius 2 is 2.35 bits per heavy atom. The minimum absolute atomic E-state index is 0. The number of halogens is 2. The first-order valence-corrected chi connectivity index (χ1v) is 6.20. The second kappa shape index (κ2) is 6.23. The molecule has 1 fully saturated rings. The fraction of sp³-hybridized carbons (Fsp3) is 0.364. The molecule has 1 aromatic carbocycles. The van der Waals surface area contributed by atoms with Crippen molar-refractivity contribution in [3.05, 3.63) is 29.6 Å². The summed E-state index contributed by atoms with van der Waals surface area (Å²) in [5, 5.41) is 5.63. The van der Waals surface area contributed by atoms with Gasteiger partial charge in [0.1, 0.15) is 5.82 Å². The van der Waals surface area contributed by atoms with Crippen molar-refractivity contribution in [3.8, 4) is 0 Å². The van der Waals surface area contributed by atoms with Crippen LogP contribution in [-0.4, -0.2) is 23.6 Å². The van der Waals surface area contributed by atoms with Gasteiger partial charge in [-0.3, -0.25) is 10.1 Å². The summed E-state index contributed by atoms with van der Waals surface area (Å²) >= 11 is 1.66. The number of anilines is 1. The Balaban J connectivity index is 0.00000144. The molecular formula is C11H14ClFN2OS. The van der Waals surface area contributed by atoms with Crippen LogP contribution in [0.15, 0.2) is 18.2 Å². The fourth-order valence-corrected chi connectivity index (χ4v) is 2.45. The Kier molecular flexibility index (Phi) is 5.24. The van der Waals surface area contributed by atoms with Crippen molar-refractivity contribution in [2.75, 3.05) is 16.9 Å². The first kappa shape index (κ1) is 14.3. The van der Waals surface area contributed by atoms with Gasteiger partial charge in [0.05, 0.1) is 11.7 Å². The van der Waals surface area contributed by atoms with Gasteiger partial charge >= 0.3 is 0 Å². The molecule has 1 aromatic rings. The first-order chi connectivity index (χ1) is 7.66. The maximum Gasteiger partial charge on any atom is 0.242 e. The molecule has 0 aromatic heterocycles. The van der Waals surface area contributed by atoms with Gasteiger partial charge in [-0.25, -0.2) is 4.39 Å². The Hall–Kier alpha value is -0.780. The SMILES string of the molecule is Cc1ccc(NC(=O)C2CSCN2)c(F)c1.Cl. The van der Waals surface area contributed by atoms with Crippen LogP contribution in [0.1, 0.15) is 5.56 Å². The maximum absolute atomic E-state index is 13.5. The van der Waals surface area contributed by atoms with Crippen molar-refractivity contribution < 1.29 is 9.18 Å². The van der Waals surface area contributed by atoms with E-state index in [9.17, 15) is 9.18 Å². The van der Waals surface area contributed by atoms with E-state index in [2.05, 4.69) is 10.6 Å². The number of rotatable bonds is 2. The zero-order valence-electron chi connectivity index (χ0n) is 9.33. The van der Waals surface area contributed by atoms with E-state index in [1.807, 2.05) is 6.92 Å². The van der Waals surface area contributed by atoms with Crippen molar-refractivity contribution in [2.24, 2.45) is 0 Å². The minimum Gasteiger partial charge on any atom is -0.322 e. The third kappa shape index (κ3) is 3.59. The summed E-state index contributed by atoms with van der Waals surface area (Å²) in [6, 6.07) is 4.55. The number of carbonyl (C=O) groups excluding carboxylic acids is 1. The molecule has 1 atom stereocenters. The molecule has 0 spiro atoms. The summed E-state index contributed by atoms with van der Waals surface area (Å²) in [5.41, 5.74) is 1.08. The van der Waals surface area contributed by atoms with Crippen LogP contribution in [0, 0.1) is 12.7 Å². The Labute approximate surface area is 110 Å². The van der Waals surface area contributed by atoms with Gasteiger partial charge in [-0.05, 0) is 24.6 Å². The average Bonchev–Trinajstić information content (AvgIpc) is 2.75. The lowest BCUT2D eigenvalue weighted by molar-refractivity contribution is -0.117. The van der Waals surface area contributed by atoms with E-state index in [4.69, 9.17) is 0 Å². The summed E-state index contributed by atoms with van der Waals surface area (Å²) < 4.78 is 13.5. The molecule has 2 N–H and O–H groups in total.